The Labute approximate surface area is 165 Å². The van der Waals surface area contributed by atoms with Gasteiger partial charge in [0.2, 0.25) is 0 Å². The molecule has 4 N–H and O–H groups in total. The van der Waals surface area contributed by atoms with Crippen LogP contribution in [-0.4, -0.2) is 38.0 Å². The first-order chi connectivity index (χ1) is 12.8. The van der Waals surface area contributed by atoms with Crippen molar-refractivity contribution in [2.75, 3.05) is 25.5 Å². The lowest BCUT2D eigenvalue weighted by Crippen LogP contribution is -3.11. The van der Waals surface area contributed by atoms with Crippen molar-refractivity contribution in [2.45, 2.75) is 6.54 Å². The van der Waals surface area contributed by atoms with Gasteiger partial charge in [-0.25, -0.2) is 4.79 Å². The molecule has 1 aromatic carbocycles. The first-order valence-corrected chi connectivity index (χ1v) is 8.76. The molecule has 144 valence electrons. The largest absolute Gasteiger partial charge is 0.467 e. The number of carbonyl (C=O) groups is 3. The lowest BCUT2D eigenvalue weighted by Gasteiger charge is -2.14. The number of anilines is 1. The van der Waals surface area contributed by atoms with E-state index in [1.54, 1.807) is 37.4 Å². The number of furan rings is 1. The highest BCUT2D eigenvalue weighted by Crippen LogP contribution is 2.29. The third-order valence-electron chi connectivity index (χ3n) is 3.41. The number of hydrogen-bond acceptors (Lipinski definition) is 4. The van der Waals surface area contributed by atoms with Crippen molar-refractivity contribution in [3.05, 3.63) is 52.4 Å². The van der Waals surface area contributed by atoms with Crippen LogP contribution in [0.2, 0.25) is 10.0 Å². The summed E-state index contributed by atoms with van der Waals surface area (Å²) in [7, 11) is 1.65. The molecule has 0 saturated carbocycles. The molecule has 10 heteroatoms. The summed E-state index contributed by atoms with van der Waals surface area (Å²) in [5.74, 6) is -0.319. The predicted molar refractivity (Wildman–Crippen MR) is 101 cm³/mol. The third kappa shape index (κ3) is 6.93. The van der Waals surface area contributed by atoms with Crippen LogP contribution in [0.25, 0.3) is 0 Å². The number of likely N-dealkylation sites (N-methyl/N-ethyl adjacent to an activating group) is 1. The molecule has 1 heterocycles. The van der Waals surface area contributed by atoms with Gasteiger partial charge in [0.15, 0.2) is 13.1 Å². The molecule has 0 spiro atoms. The Bertz CT molecular complexity index is 791. The summed E-state index contributed by atoms with van der Waals surface area (Å²) in [4.78, 5) is 36.2. The Morgan fingerprint density at radius 1 is 1.04 bits per heavy atom. The zero-order valence-electron chi connectivity index (χ0n) is 14.5. The Balaban J connectivity index is 1.73. The van der Waals surface area contributed by atoms with Crippen LogP contribution in [-0.2, 0) is 16.1 Å². The van der Waals surface area contributed by atoms with Crippen LogP contribution in [0.15, 0.2) is 41.0 Å². The van der Waals surface area contributed by atoms with Gasteiger partial charge in [-0.15, -0.1) is 0 Å². The Hall–Kier alpha value is -2.55. The van der Waals surface area contributed by atoms with E-state index < -0.39 is 11.9 Å². The fourth-order valence-corrected chi connectivity index (χ4v) is 2.70. The van der Waals surface area contributed by atoms with Crippen molar-refractivity contribution < 1.29 is 23.7 Å². The van der Waals surface area contributed by atoms with E-state index in [0.717, 1.165) is 0 Å². The summed E-state index contributed by atoms with van der Waals surface area (Å²) >= 11 is 12.0. The van der Waals surface area contributed by atoms with Crippen molar-refractivity contribution in [3.63, 3.8) is 0 Å². The second-order valence-electron chi connectivity index (χ2n) is 5.77. The van der Waals surface area contributed by atoms with Crippen LogP contribution < -0.4 is 20.9 Å². The van der Waals surface area contributed by atoms with E-state index in [0.29, 0.717) is 26.4 Å². The van der Waals surface area contributed by atoms with E-state index in [2.05, 4.69) is 16.0 Å². The smallest absolute Gasteiger partial charge is 0.321 e. The second-order valence-corrected chi connectivity index (χ2v) is 6.58. The maximum Gasteiger partial charge on any atom is 0.321 e. The van der Waals surface area contributed by atoms with E-state index in [1.165, 1.54) is 6.26 Å². The number of carbonyl (C=O) groups excluding carboxylic acids is 3. The maximum absolute atomic E-state index is 12.1. The number of hydrogen-bond donors (Lipinski definition) is 4. The summed E-state index contributed by atoms with van der Waals surface area (Å²) in [5.41, 5.74) is 0.320. The van der Waals surface area contributed by atoms with Gasteiger partial charge in [-0.1, -0.05) is 29.3 Å². The minimum atomic E-state index is -0.642. The number of urea groups is 1. The van der Waals surface area contributed by atoms with Gasteiger partial charge in [-0.3, -0.25) is 14.9 Å². The molecule has 0 bridgehead atoms. The van der Waals surface area contributed by atoms with Crippen LogP contribution in [0.3, 0.4) is 0 Å². The van der Waals surface area contributed by atoms with E-state index in [-0.39, 0.29) is 25.5 Å². The fraction of sp³-hybridized carbons (Fsp3) is 0.235. The van der Waals surface area contributed by atoms with Gasteiger partial charge in [0.25, 0.3) is 11.8 Å². The lowest BCUT2D eigenvalue weighted by atomic mass is 10.3. The minimum absolute atomic E-state index is 0.0109. The first-order valence-electron chi connectivity index (χ1n) is 8.00. The van der Waals surface area contributed by atoms with E-state index in [1.807, 2.05) is 0 Å². The Morgan fingerprint density at radius 3 is 2.33 bits per heavy atom. The zero-order valence-corrected chi connectivity index (χ0v) is 16.0. The molecule has 4 amide bonds. The second kappa shape index (κ2) is 9.96. The monoisotopic (exact) mass is 413 g/mol. The van der Waals surface area contributed by atoms with Crippen LogP contribution in [0.5, 0.6) is 0 Å². The van der Waals surface area contributed by atoms with Gasteiger partial charge in [0, 0.05) is 0 Å². The SMILES string of the molecule is C[NH+](CC(=O)NC(=O)NCc1ccco1)CC(=O)Nc1c(Cl)cccc1Cl. The molecule has 1 aromatic heterocycles. The van der Waals surface area contributed by atoms with Crippen molar-refractivity contribution in [1.29, 1.82) is 0 Å². The van der Waals surface area contributed by atoms with Crippen molar-refractivity contribution in [3.8, 4) is 0 Å². The van der Waals surface area contributed by atoms with Gasteiger partial charge in [0.1, 0.15) is 5.76 Å². The highest BCUT2D eigenvalue weighted by atomic mass is 35.5. The van der Waals surface area contributed by atoms with Crippen LogP contribution in [0.4, 0.5) is 10.5 Å². The first kappa shape index (κ1) is 20.8. The number of para-hydroxylation sites is 1. The van der Waals surface area contributed by atoms with Crippen LogP contribution >= 0.6 is 23.2 Å². The fourth-order valence-electron chi connectivity index (χ4n) is 2.21. The topological polar surface area (TPSA) is 105 Å². The Morgan fingerprint density at radius 2 is 1.70 bits per heavy atom. The number of rotatable bonds is 7. The summed E-state index contributed by atoms with van der Waals surface area (Å²) in [6.07, 6.45) is 1.49. The minimum Gasteiger partial charge on any atom is -0.467 e. The molecule has 2 rings (SSSR count). The van der Waals surface area contributed by atoms with Gasteiger partial charge >= 0.3 is 6.03 Å². The van der Waals surface area contributed by atoms with Gasteiger partial charge in [-0.2, -0.15) is 0 Å². The van der Waals surface area contributed by atoms with Crippen molar-refractivity contribution >= 4 is 46.7 Å². The molecule has 0 aliphatic heterocycles. The molecule has 2 aromatic rings. The van der Waals surface area contributed by atoms with Crippen molar-refractivity contribution in [1.82, 2.24) is 10.6 Å². The molecule has 1 atom stereocenters. The average molecular weight is 414 g/mol. The van der Waals surface area contributed by atoms with Crippen LogP contribution in [0, 0.1) is 0 Å². The van der Waals surface area contributed by atoms with E-state index >= 15 is 0 Å². The highest BCUT2D eigenvalue weighted by Gasteiger charge is 2.17. The maximum atomic E-state index is 12.1. The number of imide groups is 1. The average Bonchev–Trinajstić information content (AvgIpc) is 3.09. The molecular weight excluding hydrogens is 395 g/mol. The molecule has 0 radical (unpaired) electrons. The normalized spacial score (nSPS) is 11.5. The van der Waals surface area contributed by atoms with E-state index in [9.17, 15) is 14.4 Å². The highest BCUT2D eigenvalue weighted by molar-refractivity contribution is 6.39. The molecule has 0 aliphatic rings. The summed E-state index contributed by atoms with van der Waals surface area (Å²) in [6.45, 7) is 0.0800. The van der Waals surface area contributed by atoms with E-state index in [4.69, 9.17) is 27.6 Å². The number of halogens is 2. The predicted octanol–water partition coefficient (Wildman–Crippen LogP) is 1.07. The summed E-state index contributed by atoms with van der Waals surface area (Å²) in [5, 5.41) is 7.93. The molecule has 8 nitrogen and oxygen atoms in total. The number of amides is 4. The van der Waals surface area contributed by atoms with Crippen molar-refractivity contribution in [2.24, 2.45) is 0 Å². The molecule has 1 unspecified atom stereocenters. The number of quaternary nitrogens is 1. The molecule has 27 heavy (non-hydrogen) atoms. The summed E-state index contributed by atoms with van der Waals surface area (Å²) in [6, 6.07) is 7.63. The lowest BCUT2D eigenvalue weighted by molar-refractivity contribution is -0.862. The zero-order chi connectivity index (χ0) is 19.8. The Kier molecular flexibility index (Phi) is 7.66. The van der Waals surface area contributed by atoms with Gasteiger partial charge in [0.05, 0.1) is 35.6 Å². The quantitative estimate of drug-likeness (QED) is 0.544. The summed E-state index contributed by atoms with van der Waals surface area (Å²) < 4.78 is 5.07. The molecular formula is C17H19Cl2N4O4+. The number of nitrogens with one attached hydrogen (secondary N) is 4. The standard InChI is InChI=1S/C17H18Cl2N4O4/c1-23(9-14(24)21-16-12(18)5-2-6-13(16)19)10-15(25)22-17(26)20-8-11-4-3-7-27-11/h2-7H,8-10H2,1H3,(H,21,24)(H2,20,22,25,26)/p+1. The third-order valence-corrected chi connectivity index (χ3v) is 4.04. The molecule has 0 aliphatic carbocycles. The van der Waals surface area contributed by atoms with Crippen LogP contribution in [0.1, 0.15) is 5.76 Å². The van der Waals surface area contributed by atoms with Gasteiger partial charge in [-0.05, 0) is 24.3 Å². The molecule has 0 saturated heterocycles. The van der Waals surface area contributed by atoms with Gasteiger partial charge < -0.3 is 20.0 Å². The molecule has 0 fully saturated rings. The number of benzene rings is 1.